The van der Waals surface area contributed by atoms with Crippen LogP contribution in [0.1, 0.15) is 24.7 Å². The van der Waals surface area contributed by atoms with Crippen molar-refractivity contribution in [2.45, 2.75) is 32.9 Å². The van der Waals surface area contributed by atoms with Crippen LogP contribution in [0.2, 0.25) is 5.02 Å². The Morgan fingerprint density at radius 1 is 1.26 bits per heavy atom. The fourth-order valence-corrected chi connectivity index (χ4v) is 1.91. The molecule has 1 aromatic carbocycles. The highest BCUT2D eigenvalue weighted by molar-refractivity contribution is 6.30. The van der Waals surface area contributed by atoms with Crippen LogP contribution in [0.3, 0.4) is 0 Å². The molecule has 0 amide bonds. The fraction of sp³-hybridized carbons (Fsp3) is 0.462. The smallest absolute Gasteiger partial charge is 0.165 e. The van der Waals surface area contributed by atoms with Crippen molar-refractivity contribution in [2.75, 3.05) is 6.54 Å². The predicted octanol–water partition coefficient (Wildman–Crippen LogP) is 2.07. The number of hydrogen-bond acceptors (Lipinski definition) is 4. The Labute approximate surface area is 118 Å². The summed E-state index contributed by atoms with van der Waals surface area (Å²) < 4.78 is 1.84. The average molecular weight is 280 g/mol. The third kappa shape index (κ3) is 4.29. The van der Waals surface area contributed by atoms with Crippen LogP contribution >= 0.6 is 11.6 Å². The summed E-state index contributed by atoms with van der Waals surface area (Å²) in [5.74, 6) is 0.877. The number of aryl methyl sites for hydroxylation is 2. The Hall–Kier alpha value is -1.46. The molecule has 1 heterocycles. The quantitative estimate of drug-likeness (QED) is 0.789. The minimum Gasteiger partial charge on any atom is -0.310 e. The first kappa shape index (κ1) is 14.0. The van der Waals surface area contributed by atoms with E-state index in [9.17, 15) is 0 Å². The Balaban J connectivity index is 1.88. The van der Waals surface area contributed by atoms with Gasteiger partial charge in [-0.1, -0.05) is 30.7 Å². The van der Waals surface area contributed by atoms with Crippen molar-refractivity contribution < 1.29 is 0 Å². The highest BCUT2D eigenvalue weighted by Gasteiger charge is 2.05. The monoisotopic (exact) mass is 279 g/mol. The number of hydrogen-bond donors (Lipinski definition) is 1. The second-order valence-corrected chi connectivity index (χ2v) is 4.81. The van der Waals surface area contributed by atoms with Gasteiger partial charge in [0.15, 0.2) is 5.82 Å². The second kappa shape index (κ2) is 7.21. The van der Waals surface area contributed by atoms with Crippen LogP contribution in [0.5, 0.6) is 0 Å². The van der Waals surface area contributed by atoms with Gasteiger partial charge in [-0.05, 0) is 47.5 Å². The van der Waals surface area contributed by atoms with E-state index in [2.05, 4.69) is 27.8 Å². The van der Waals surface area contributed by atoms with Crippen molar-refractivity contribution in [3.05, 3.63) is 40.7 Å². The van der Waals surface area contributed by atoms with E-state index in [-0.39, 0.29) is 0 Å². The lowest BCUT2D eigenvalue weighted by Gasteiger charge is -2.05. The third-order valence-electron chi connectivity index (χ3n) is 2.84. The van der Waals surface area contributed by atoms with Gasteiger partial charge in [0.05, 0.1) is 6.54 Å². The molecule has 0 aliphatic carbocycles. The van der Waals surface area contributed by atoms with Crippen molar-refractivity contribution >= 4 is 11.6 Å². The largest absolute Gasteiger partial charge is 0.310 e. The molecular formula is C13H18ClN5. The third-order valence-corrected chi connectivity index (χ3v) is 3.09. The molecule has 0 aliphatic heterocycles. The summed E-state index contributed by atoms with van der Waals surface area (Å²) in [5.41, 5.74) is 1.23. The van der Waals surface area contributed by atoms with Gasteiger partial charge in [-0.3, -0.25) is 0 Å². The van der Waals surface area contributed by atoms with E-state index >= 15 is 0 Å². The van der Waals surface area contributed by atoms with Gasteiger partial charge >= 0.3 is 0 Å². The van der Waals surface area contributed by atoms with E-state index in [1.807, 2.05) is 28.9 Å². The van der Waals surface area contributed by atoms with Crippen LogP contribution in [0.25, 0.3) is 0 Å². The first-order chi connectivity index (χ1) is 9.29. The van der Waals surface area contributed by atoms with Crippen molar-refractivity contribution in [2.24, 2.45) is 0 Å². The number of nitrogens with one attached hydrogen (secondary N) is 1. The van der Waals surface area contributed by atoms with E-state index in [4.69, 9.17) is 11.6 Å². The standard InChI is InChI=1S/C13H18ClN5/c1-2-8-15-10-13-16-17-18-19(13)9-7-11-3-5-12(14)6-4-11/h3-6,15H,2,7-10H2,1H3. The van der Waals surface area contributed by atoms with Crippen LogP contribution in [-0.2, 0) is 19.5 Å². The zero-order valence-corrected chi connectivity index (χ0v) is 11.8. The minimum atomic E-state index is 0.710. The van der Waals surface area contributed by atoms with Gasteiger partial charge in [0.2, 0.25) is 0 Å². The molecule has 1 aromatic heterocycles. The lowest BCUT2D eigenvalue weighted by molar-refractivity contribution is 0.541. The molecule has 19 heavy (non-hydrogen) atoms. The maximum Gasteiger partial charge on any atom is 0.165 e. The molecule has 102 valence electrons. The van der Waals surface area contributed by atoms with Crippen molar-refractivity contribution in [1.82, 2.24) is 25.5 Å². The van der Waals surface area contributed by atoms with Gasteiger partial charge in [-0.15, -0.1) is 5.10 Å². The molecule has 0 unspecified atom stereocenters. The molecule has 0 spiro atoms. The van der Waals surface area contributed by atoms with E-state index in [1.165, 1.54) is 5.56 Å². The van der Waals surface area contributed by atoms with Crippen molar-refractivity contribution in [3.63, 3.8) is 0 Å². The molecule has 0 radical (unpaired) electrons. The molecular weight excluding hydrogens is 262 g/mol. The van der Waals surface area contributed by atoms with Crippen LogP contribution in [0, 0.1) is 0 Å². The predicted molar refractivity (Wildman–Crippen MR) is 75.0 cm³/mol. The fourth-order valence-electron chi connectivity index (χ4n) is 1.79. The van der Waals surface area contributed by atoms with Gasteiger partial charge in [0.25, 0.3) is 0 Å². The average Bonchev–Trinajstić information content (AvgIpc) is 2.86. The first-order valence-electron chi connectivity index (χ1n) is 6.50. The number of aromatic nitrogens is 4. The summed E-state index contributed by atoms with van der Waals surface area (Å²) in [7, 11) is 0. The Morgan fingerprint density at radius 2 is 2.05 bits per heavy atom. The van der Waals surface area contributed by atoms with Crippen molar-refractivity contribution in [3.8, 4) is 0 Å². The zero-order chi connectivity index (χ0) is 13.5. The molecule has 0 atom stereocenters. The zero-order valence-electron chi connectivity index (χ0n) is 11.0. The first-order valence-corrected chi connectivity index (χ1v) is 6.87. The summed E-state index contributed by atoms with van der Waals surface area (Å²) in [6.45, 7) is 4.60. The number of tetrazole rings is 1. The summed E-state index contributed by atoms with van der Waals surface area (Å²) in [5, 5.41) is 15.8. The van der Waals surface area contributed by atoms with E-state index in [0.717, 1.165) is 36.8 Å². The molecule has 1 N–H and O–H groups in total. The minimum absolute atomic E-state index is 0.710. The number of nitrogens with zero attached hydrogens (tertiary/aromatic N) is 4. The number of halogens is 1. The molecule has 2 rings (SSSR count). The molecule has 0 saturated heterocycles. The Morgan fingerprint density at radius 3 is 2.79 bits per heavy atom. The maximum absolute atomic E-state index is 5.86. The molecule has 2 aromatic rings. The van der Waals surface area contributed by atoms with Gasteiger partial charge in [-0.2, -0.15) is 0 Å². The molecule has 0 bridgehead atoms. The van der Waals surface area contributed by atoms with Gasteiger partial charge in [0.1, 0.15) is 0 Å². The van der Waals surface area contributed by atoms with Gasteiger partial charge < -0.3 is 5.32 Å². The number of benzene rings is 1. The topological polar surface area (TPSA) is 55.6 Å². The molecule has 6 heteroatoms. The Bertz CT molecular complexity index is 494. The maximum atomic E-state index is 5.86. The van der Waals surface area contributed by atoms with Gasteiger partial charge in [0, 0.05) is 11.6 Å². The highest BCUT2D eigenvalue weighted by Crippen LogP contribution is 2.10. The normalized spacial score (nSPS) is 10.8. The second-order valence-electron chi connectivity index (χ2n) is 4.37. The van der Waals surface area contributed by atoms with Gasteiger partial charge in [-0.25, -0.2) is 4.68 Å². The van der Waals surface area contributed by atoms with Crippen LogP contribution < -0.4 is 5.32 Å². The van der Waals surface area contributed by atoms with E-state index < -0.39 is 0 Å². The number of rotatable bonds is 7. The summed E-state index contributed by atoms with van der Waals surface area (Å²) in [4.78, 5) is 0. The summed E-state index contributed by atoms with van der Waals surface area (Å²) in [6.07, 6.45) is 2.00. The molecule has 5 nitrogen and oxygen atoms in total. The Kier molecular flexibility index (Phi) is 5.30. The van der Waals surface area contributed by atoms with Crippen LogP contribution in [0.4, 0.5) is 0 Å². The molecule has 0 aliphatic rings. The highest BCUT2D eigenvalue weighted by atomic mass is 35.5. The molecule has 0 fully saturated rings. The lowest BCUT2D eigenvalue weighted by Crippen LogP contribution is -2.18. The lowest BCUT2D eigenvalue weighted by atomic mass is 10.1. The van der Waals surface area contributed by atoms with Crippen molar-refractivity contribution in [1.29, 1.82) is 0 Å². The van der Waals surface area contributed by atoms with E-state index in [1.54, 1.807) is 0 Å². The van der Waals surface area contributed by atoms with E-state index in [0.29, 0.717) is 6.54 Å². The summed E-state index contributed by atoms with van der Waals surface area (Å²) in [6, 6.07) is 7.86. The summed E-state index contributed by atoms with van der Waals surface area (Å²) >= 11 is 5.86. The SMILES string of the molecule is CCCNCc1nnnn1CCc1ccc(Cl)cc1. The van der Waals surface area contributed by atoms with Crippen LogP contribution in [0.15, 0.2) is 24.3 Å². The molecule has 0 saturated carbocycles. The van der Waals surface area contributed by atoms with Crippen LogP contribution in [-0.4, -0.2) is 26.8 Å².